The summed E-state index contributed by atoms with van der Waals surface area (Å²) in [5.41, 5.74) is 1.40. The van der Waals surface area contributed by atoms with Gasteiger partial charge in [-0.15, -0.1) is 0 Å². The summed E-state index contributed by atoms with van der Waals surface area (Å²) in [6.45, 7) is 7.00. The monoisotopic (exact) mass is 315 g/mol. The molecule has 124 valence electrons. The Kier molecular flexibility index (Phi) is 6.57. The Morgan fingerprint density at radius 2 is 2.17 bits per heavy atom. The lowest BCUT2D eigenvalue weighted by atomic mass is 10.0. The van der Waals surface area contributed by atoms with E-state index in [4.69, 9.17) is 10.00 Å². The fourth-order valence-electron chi connectivity index (χ4n) is 3.17. The molecule has 0 aromatic heterocycles. The van der Waals surface area contributed by atoms with Crippen molar-refractivity contribution in [3.05, 3.63) is 35.4 Å². The number of esters is 1. The van der Waals surface area contributed by atoms with Gasteiger partial charge in [0.15, 0.2) is 0 Å². The lowest BCUT2D eigenvalue weighted by Crippen LogP contribution is -2.38. The van der Waals surface area contributed by atoms with Crippen molar-refractivity contribution in [1.82, 2.24) is 9.80 Å². The highest BCUT2D eigenvalue weighted by atomic mass is 16.5. The van der Waals surface area contributed by atoms with Crippen LogP contribution in [0.4, 0.5) is 0 Å². The molecule has 1 saturated heterocycles. The molecule has 0 spiro atoms. The van der Waals surface area contributed by atoms with E-state index in [1.54, 1.807) is 12.1 Å². The van der Waals surface area contributed by atoms with Crippen LogP contribution in [0, 0.1) is 11.3 Å². The molecule has 1 aliphatic heterocycles. The summed E-state index contributed by atoms with van der Waals surface area (Å²) < 4.78 is 5.03. The molecule has 0 radical (unpaired) electrons. The normalized spacial score (nSPS) is 18.0. The molecule has 1 aromatic rings. The number of carbonyl (C=O) groups excluding carboxylic acids is 1. The standard InChI is InChI=1S/C18H25N3O2/c1-3-8-20-9-5-10-21(12-11-20)17(18(22)23-2)16-7-4-6-15(13-16)14-19/h4,6-7,13,17H,3,5,8-12H2,1-2H3/t17-/m1/s1. The van der Waals surface area contributed by atoms with Gasteiger partial charge in [0.2, 0.25) is 0 Å². The molecule has 1 aromatic carbocycles. The lowest BCUT2D eigenvalue weighted by Gasteiger charge is -2.29. The van der Waals surface area contributed by atoms with Crippen molar-refractivity contribution >= 4 is 5.97 Å². The number of carbonyl (C=O) groups is 1. The molecule has 0 N–H and O–H groups in total. The van der Waals surface area contributed by atoms with Crippen LogP contribution < -0.4 is 0 Å². The molecule has 1 atom stereocenters. The molecule has 0 bridgehead atoms. The number of methoxy groups -OCH3 is 1. The molecule has 1 aliphatic rings. The van der Waals surface area contributed by atoms with Gasteiger partial charge < -0.3 is 9.64 Å². The summed E-state index contributed by atoms with van der Waals surface area (Å²) in [6, 6.07) is 8.97. The Morgan fingerprint density at radius 3 is 2.87 bits per heavy atom. The van der Waals surface area contributed by atoms with E-state index in [-0.39, 0.29) is 5.97 Å². The minimum absolute atomic E-state index is 0.260. The third kappa shape index (κ3) is 4.54. The van der Waals surface area contributed by atoms with Gasteiger partial charge in [-0.05, 0) is 43.6 Å². The van der Waals surface area contributed by atoms with Gasteiger partial charge in [-0.1, -0.05) is 19.1 Å². The topological polar surface area (TPSA) is 56.6 Å². The van der Waals surface area contributed by atoms with E-state index in [0.717, 1.165) is 51.1 Å². The number of hydrogen-bond acceptors (Lipinski definition) is 5. The second-order valence-corrected chi connectivity index (χ2v) is 5.89. The van der Waals surface area contributed by atoms with Crippen molar-refractivity contribution in [2.75, 3.05) is 39.8 Å². The van der Waals surface area contributed by atoms with Crippen LogP contribution in [0.25, 0.3) is 0 Å². The van der Waals surface area contributed by atoms with Crippen LogP contribution in [0.2, 0.25) is 0 Å². The summed E-state index contributed by atoms with van der Waals surface area (Å²) >= 11 is 0. The van der Waals surface area contributed by atoms with E-state index in [2.05, 4.69) is 22.8 Å². The van der Waals surface area contributed by atoms with Crippen molar-refractivity contribution in [1.29, 1.82) is 5.26 Å². The largest absolute Gasteiger partial charge is 0.468 e. The van der Waals surface area contributed by atoms with Crippen LogP contribution in [-0.2, 0) is 9.53 Å². The summed E-state index contributed by atoms with van der Waals surface area (Å²) in [4.78, 5) is 17.0. The average molecular weight is 315 g/mol. The summed E-state index contributed by atoms with van der Waals surface area (Å²) in [6.07, 6.45) is 2.18. The van der Waals surface area contributed by atoms with Gasteiger partial charge in [-0.25, -0.2) is 4.79 Å². The van der Waals surface area contributed by atoms with Crippen LogP contribution in [0.15, 0.2) is 24.3 Å². The van der Waals surface area contributed by atoms with Gasteiger partial charge in [0.05, 0.1) is 18.7 Å². The molecule has 0 aliphatic carbocycles. The molecular formula is C18H25N3O2. The minimum Gasteiger partial charge on any atom is -0.468 e. The molecule has 1 heterocycles. The third-order valence-electron chi connectivity index (χ3n) is 4.28. The Bertz CT molecular complexity index is 568. The number of nitrogens with zero attached hydrogens (tertiary/aromatic N) is 3. The van der Waals surface area contributed by atoms with Gasteiger partial charge in [0.1, 0.15) is 6.04 Å². The van der Waals surface area contributed by atoms with E-state index < -0.39 is 6.04 Å². The van der Waals surface area contributed by atoms with Crippen LogP contribution in [0.1, 0.15) is 36.9 Å². The first-order chi connectivity index (χ1) is 11.2. The van der Waals surface area contributed by atoms with Crippen molar-refractivity contribution < 1.29 is 9.53 Å². The van der Waals surface area contributed by atoms with Crippen LogP contribution >= 0.6 is 0 Å². The van der Waals surface area contributed by atoms with E-state index in [1.807, 2.05) is 12.1 Å². The number of hydrogen-bond donors (Lipinski definition) is 0. The van der Waals surface area contributed by atoms with E-state index in [0.29, 0.717) is 5.56 Å². The maximum atomic E-state index is 12.4. The number of ether oxygens (including phenoxy) is 1. The van der Waals surface area contributed by atoms with E-state index >= 15 is 0 Å². The number of rotatable bonds is 5. The molecular weight excluding hydrogens is 290 g/mol. The van der Waals surface area contributed by atoms with Crippen molar-refractivity contribution in [3.8, 4) is 6.07 Å². The predicted octanol–water partition coefficient (Wildman–Crippen LogP) is 2.19. The highest BCUT2D eigenvalue weighted by Crippen LogP contribution is 2.24. The molecule has 0 saturated carbocycles. The smallest absolute Gasteiger partial charge is 0.327 e. The Labute approximate surface area is 138 Å². The fraction of sp³-hybridized carbons (Fsp3) is 0.556. The molecule has 23 heavy (non-hydrogen) atoms. The SMILES string of the molecule is CCCN1CCCN([C@@H](C(=O)OC)c2cccc(C#N)c2)CC1. The predicted molar refractivity (Wildman–Crippen MR) is 88.8 cm³/mol. The zero-order valence-corrected chi connectivity index (χ0v) is 14.0. The van der Waals surface area contributed by atoms with Crippen molar-refractivity contribution in [3.63, 3.8) is 0 Å². The van der Waals surface area contributed by atoms with Crippen LogP contribution in [-0.4, -0.2) is 55.6 Å². The average Bonchev–Trinajstić information content (AvgIpc) is 2.81. The van der Waals surface area contributed by atoms with E-state index in [9.17, 15) is 4.79 Å². The summed E-state index contributed by atoms with van der Waals surface area (Å²) in [5, 5.41) is 9.10. The quantitative estimate of drug-likeness (QED) is 0.780. The van der Waals surface area contributed by atoms with Crippen molar-refractivity contribution in [2.45, 2.75) is 25.8 Å². The summed E-state index contributed by atoms with van der Waals surface area (Å²) in [7, 11) is 1.42. The van der Waals surface area contributed by atoms with Gasteiger partial charge in [-0.2, -0.15) is 5.26 Å². The Morgan fingerprint density at radius 1 is 1.35 bits per heavy atom. The molecule has 0 amide bonds. The molecule has 0 unspecified atom stereocenters. The summed E-state index contributed by atoms with van der Waals surface area (Å²) in [5.74, 6) is -0.260. The van der Waals surface area contributed by atoms with Crippen LogP contribution in [0.5, 0.6) is 0 Å². The lowest BCUT2D eigenvalue weighted by molar-refractivity contribution is -0.147. The first kappa shape index (κ1) is 17.5. The van der Waals surface area contributed by atoms with E-state index in [1.165, 1.54) is 7.11 Å². The second kappa shape index (κ2) is 8.66. The molecule has 2 rings (SSSR count). The highest BCUT2D eigenvalue weighted by molar-refractivity contribution is 5.77. The van der Waals surface area contributed by atoms with Crippen LogP contribution in [0.3, 0.4) is 0 Å². The number of benzene rings is 1. The van der Waals surface area contributed by atoms with Gasteiger partial charge >= 0.3 is 5.97 Å². The fourth-order valence-corrected chi connectivity index (χ4v) is 3.17. The van der Waals surface area contributed by atoms with Gasteiger partial charge in [0.25, 0.3) is 0 Å². The van der Waals surface area contributed by atoms with Gasteiger partial charge in [-0.3, -0.25) is 4.90 Å². The maximum Gasteiger partial charge on any atom is 0.327 e. The Balaban J connectivity index is 2.21. The molecule has 5 nitrogen and oxygen atoms in total. The third-order valence-corrected chi connectivity index (χ3v) is 4.28. The zero-order chi connectivity index (χ0) is 16.7. The van der Waals surface area contributed by atoms with Crippen molar-refractivity contribution in [2.24, 2.45) is 0 Å². The minimum atomic E-state index is -0.435. The highest BCUT2D eigenvalue weighted by Gasteiger charge is 2.30. The molecule has 1 fully saturated rings. The maximum absolute atomic E-state index is 12.4. The zero-order valence-electron chi connectivity index (χ0n) is 14.0. The number of nitriles is 1. The Hall–Kier alpha value is -1.90. The first-order valence-electron chi connectivity index (χ1n) is 8.24. The first-order valence-corrected chi connectivity index (χ1v) is 8.24. The van der Waals surface area contributed by atoms with Gasteiger partial charge in [0, 0.05) is 19.6 Å². The second-order valence-electron chi connectivity index (χ2n) is 5.89. The molecule has 5 heteroatoms.